The largest absolute Gasteiger partial charge is 0.357 e. The average molecular weight is 444 g/mol. The SMILES string of the molecule is CCNC(=NCC(C)Cc1cccs1)NCCC(=O)N1CCN(c2ncccn2)CC1. The molecule has 168 valence electrons. The lowest BCUT2D eigenvalue weighted by molar-refractivity contribution is -0.131. The second-order valence-electron chi connectivity index (χ2n) is 7.70. The van der Waals surface area contributed by atoms with Crippen LogP contribution in [0.1, 0.15) is 25.1 Å². The zero-order valence-electron chi connectivity index (χ0n) is 18.5. The van der Waals surface area contributed by atoms with Gasteiger partial charge in [-0.05, 0) is 36.8 Å². The predicted octanol–water partition coefficient (Wildman–Crippen LogP) is 2.01. The molecule has 1 amide bonds. The highest BCUT2D eigenvalue weighted by Gasteiger charge is 2.22. The summed E-state index contributed by atoms with van der Waals surface area (Å²) in [5, 5.41) is 8.69. The van der Waals surface area contributed by atoms with Gasteiger partial charge in [0.25, 0.3) is 0 Å². The third kappa shape index (κ3) is 7.50. The topological polar surface area (TPSA) is 85.8 Å². The van der Waals surface area contributed by atoms with E-state index in [0.717, 1.165) is 44.5 Å². The van der Waals surface area contributed by atoms with E-state index in [2.05, 4.69) is 49.9 Å². The van der Waals surface area contributed by atoms with E-state index in [0.29, 0.717) is 32.0 Å². The number of anilines is 1. The van der Waals surface area contributed by atoms with E-state index in [1.165, 1.54) is 4.88 Å². The monoisotopic (exact) mass is 443 g/mol. The van der Waals surface area contributed by atoms with Crippen molar-refractivity contribution in [3.05, 3.63) is 40.8 Å². The highest BCUT2D eigenvalue weighted by atomic mass is 32.1. The van der Waals surface area contributed by atoms with E-state index >= 15 is 0 Å². The van der Waals surface area contributed by atoms with Crippen molar-refractivity contribution < 1.29 is 4.79 Å². The number of nitrogens with zero attached hydrogens (tertiary/aromatic N) is 5. The van der Waals surface area contributed by atoms with Crippen molar-refractivity contribution in [3.8, 4) is 0 Å². The fraction of sp³-hybridized carbons (Fsp3) is 0.545. The Morgan fingerprint density at radius 1 is 1.19 bits per heavy atom. The summed E-state index contributed by atoms with van der Waals surface area (Å²) in [4.78, 5) is 31.3. The Morgan fingerprint density at radius 2 is 1.97 bits per heavy atom. The molecule has 3 heterocycles. The third-order valence-electron chi connectivity index (χ3n) is 5.13. The predicted molar refractivity (Wildman–Crippen MR) is 127 cm³/mol. The number of rotatable bonds is 9. The second kappa shape index (κ2) is 12.2. The maximum Gasteiger partial charge on any atom is 0.225 e. The zero-order valence-corrected chi connectivity index (χ0v) is 19.3. The first-order valence-corrected chi connectivity index (χ1v) is 11.9. The van der Waals surface area contributed by atoms with Crippen LogP contribution in [0.25, 0.3) is 0 Å². The first-order valence-electron chi connectivity index (χ1n) is 11.0. The number of carbonyl (C=O) groups is 1. The van der Waals surface area contributed by atoms with Crippen molar-refractivity contribution in [2.75, 3.05) is 50.7 Å². The number of carbonyl (C=O) groups excluding carboxylic acids is 1. The molecule has 0 aliphatic carbocycles. The van der Waals surface area contributed by atoms with Crippen LogP contribution in [0.4, 0.5) is 5.95 Å². The van der Waals surface area contributed by atoms with Crippen molar-refractivity contribution in [3.63, 3.8) is 0 Å². The minimum atomic E-state index is 0.169. The lowest BCUT2D eigenvalue weighted by Crippen LogP contribution is -2.50. The van der Waals surface area contributed by atoms with Gasteiger partial charge in [-0.15, -0.1) is 11.3 Å². The van der Waals surface area contributed by atoms with E-state index in [1.54, 1.807) is 23.7 Å². The Kier molecular flexibility index (Phi) is 9.08. The molecule has 0 saturated carbocycles. The van der Waals surface area contributed by atoms with Gasteiger partial charge in [0.1, 0.15) is 0 Å². The van der Waals surface area contributed by atoms with E-state index in [-0.39, 0.29) is 5.91 Å². The molecule has 1 saturated heterocycles. The first kappa shape index (κ1) is 23.0. The van der Waals surface area contributed by atoms with Gasteiger partial charge in [-0.2, -0.15) is 0 Å². The van der Waals surface area contributed by atoms with Crippen LogP contribution < -0.4 is 15.5 Å². The maximum atomic E-state index is 12.6. The van der Waals surface area contributed by atoms with Crippen LogP contribution in [0, 0.1) is 5.92 Å². The Bertz CT molecular complexity index is 805. The fourth-order valence-corrected chi connectivity index (χ4v) is 4.35. The number of nitrogens with one attached hydrogen (secondary N) is 2. The number of thiophene rings is 1. The minimum Gasteiger partial charge on any atom is -0.357 e. The molecule has 2 aromatic heterocycles. The molecule has 1 unspecified atom stereocenters. The van der Waals surface area contributed by atoms with Crippen LogP contribution in [0.3, 0.4) is 0 Å². The van der Waals surface area contributed by atoms with Gasteiger partial charge in [0, 0.05) is 69.5 Å². The van der Waals surface area contributed by atoms with E-state index < -0.39 is 0 Å². The van der Waals surface area contributed by atoms with Gasteiger partial charge in [0.05, 0.1) is 0 Å². The maximum absolute atomic E-state index is 12.6. The minimum absolute atomic E-state index is 0.169. The molecule has 0 bridgehead atoms. The molecule has 0 aromatic carbocycles. The summed E-state index contributed by atoms with van der Waals surface area (Å²) >= 11 is 1.79. The Hall–Kier alpha value is -2.68. The lowest BCUT2D eigenvalue weighted by atomic mass is 10.1. The van der Waals surface area contributed by atoms with Crippen LogP contribution in [0.2, 0.25) is 0 Å². The summed E-state index contributed by atoms with van der Waals surface area (Å²) in [5.74, 6) is 2.15. The summed E-state index contributed by atoms with van der Waals surface area (Å²) in [6.45, 7) is 9.31. The van der Waals surface area contributed by atoms with Crippen LogP contribution in [-0.2, 0) is 11.2 Å². The standard InChI is InChI=1S/C22H33N7OS/c1-3-23-21(27-17-18(2)16-19-6-4-15-31-19)24-10-7-20(30)28-11-13-29(14-12-28)22-25-8-5-9-26-22/h4-6,8-9,15,18H,3,7,10-14,16-17H2,1-2H3,(H2,23,24,27). The Morgan fingerprint density at radius 3 is 2.65 bits per heavy atom. The highest BCUT2D eigenvalue weighted by molar-refractivity contribution is 7.09. The second-order valence-corrected chi connectivity index (χ2v) is 8.73. The van der Waals surface area contributed by atoms with E-state index in [4.69, 9.17) is 4.99 Å². The number of amides is 1. The van der Waals surface area contributed by atoms with Crippen LogP contribution in [0.15, 0.2) is 41.0 Å². The molecule has 2 aromatic rings. The van der Waals surface area contributed by atoms with Gasteiger partial charge in [-0.1, -0.05) is 13.0 Å². The lowest BCUT2D eigenvalue weighted by Gasteiger charge is -2.34. The van der Waals surface area contributed by atoms with E-state index in [9.17, 15) is 4.79 Å². The molecule has 9 heteroatoms. The van der Waals surface area contributed by atoms with Gasteiger partial charge in [-0.25, -0.2) is 9.97 Å². The quantitative estimate of drug-likeness (QED) is 0.456. The molecule has 0 spiro atoms. The molecule has 0 radical (unpaired) electrons. The van der Waals surface area contributed by atoms with Crippen molar-refractivity contribution in [1.29, 1.82) is 0 Å². The van der Waals surface area contributed by atoms with Crippen molar-refractivity contribution in [2.45, 2.75) is 26.7 Å². The van der Waals surface area contributed by atoms with Crippen molar-refractivity contribution in [2.24, 2.45) is 10.9 Å². The molecular weight excluding hydrogens is 410 g/mol. The number of guanidine groups is 1. The molecular formula is C22H33N7OS. The van der Waals surface area contributed by atoms with Crippen molar-refractivity contribution in [1.82, 2.24) is 25.5 Å². The molecule has 31 heavy (non-hydrogen) atoms. The summed E-state index contributed by atoms with van der Waals surface area (Å²) < 4.78 is 0. The number of aliphatic imine (C=N–C) groups is 1. The van der Waals surface area contributed by atoms with Crippen LogP contribution >= 0.6 is 11.3 Å². The molecule has 1 atom stereocenters. The van der Waals surface area contributed by atoms with Gasteiger partial charge in [0.2, 0.25) is 11.9 Å². The first-order chi connectivity index (χ1) is 15.2. The fourth-order valence-electron chi connectivity index (χ4n) is 3.48. The zero-order chi connectivity index (χ0) is 21.9. The van der Waals surface area contributed by atoms with Crippen LogP contribution in [0.5, 0.6) is 0 Å². The normalized spacial score (nSPS) is 15.6. The molecule has 3 rings (SSSR count). The highest BCUT2D eigenvalue weighted by Crippen LogP contribution is 2.14. The Labute approximate surface area is 188 Å². The smallest absolute Gasteiger partial charge is 0.225 e. The van der Waals surface area contributed by atoms with Crippen molar-refractivity contribution >= 4 is 29.2 Å². The number of piperazine rings is 1. The third-order valence-corrected chi connectivity index (χ3v) is 6.03. The summed E-state index contributed by atoms with van der Waals surface area (Å²) in [7, 11) is 0. The molecule has 1 aliphatic rings. The summed E-state index contributed by atoms with van der Waals surface area (Å²) in [6, 6.07) is 6.08. The van der Waals surface area contributed by atoms with Gasteiger partial charge in [-0.3, -0.25) is 9.79 Å². The van der Waals surface area contributed by atoms with Gasteiger partial charge in [0.15, 0.2) is 5.96 Å². The number of hydrogen-bond acceptors (Lipinski definition) is 6. The molecule has 2 N–H and O–H groups in total. The summed E-state index contributed by atoms with van der Waals surface area (Å²) in [6.07, 6.45) is 4.99. The molecule has 1 aliphatic heterocycles. The van der Waals surface area contributed by atoms with Gasteiger partial charge < -0.3 is 20.4 Å². The Balaban J connectivity index is 1.38. The number of aromatic nitrogens is 2. The molecule has 8 nitrogen and oxygen atoms in total. The van der Waals surface area contributed by atoms with Crippen LogP contribution in [-0.4, -0.2) is 72.5 Å². The van der Waals surface area contributed by atoms with Gasteiger partial charge >= 0.3 is 0 Å². The average Bonchev–Trinajstić information content (AvgIpc) is 3.31. The number of hydrogen-bond donors (Lipinski definition) is 2. The summed E-state index contributed by atoms with van der Waals surface area (Å²) in [5.41, 5.74) is 0. The van der Waals surface area contributed by atoms with E-state index in [1.807, 2.05) is 17.9 Å². The molecule has 1 fully saturated rings.